The largest absolute Gasteiger partial charge is 0.437 e. The highest BCUT2D eigenvalue weighted by Crippen LogP contribution is 2.53. The molecule has 0 N–H and O–H groups in total. The van der Waals surface area contributed by atoms with E-state index in [2.05, 4.69) is 378 Å². The number of para-hydroxylation sites is 1. The number of benzene rings is 1. The van der Waals surface area contributed by atoms with Crippen LogP contribution >= 0.6 is 0 Å². The predicted molar refractivity (Wildman–Crippen MR) is 435 cm³/mol. The lowest BCUT2D eigenvalue weighted by Gasteiger charge is -2.36. The van der Waals surface area contributed by atoms with Crippen LogP contribution in [0.15, 0.2) is 187 Å². The number of aryl methyl sites for hydroxylation is 1. The smallest absolute Gasteiger partial charge is 0.347 e. The van der Waals surface area contributed by atoms with E-state index in [0.717, 1.165) is 30.5 Å². The molecular formula is C92H132F6N9O+5. The molecule has 0 fully saturated rings. The van der Waals surface area contributed by atoms with E-state index in [0.29, 0.717) is 18.1 Å². The number of fused-ring (bicyclic) bond motifs is 1. The Morgan fingerprint density at radius 3 is 1.26 bits per heavy atom. The van der Waals surface area contributed by atoms with Crippen molar-refractivity contribution in [2.45, 2.75) is 298 Å². The molecule has 2 unspecified atom stereocenters. The van der Waals surface area contributed by atoms with Gasteiger partial charge >= 0.3 is 18.0 Å². The van der Waals surface area contributed by atoms with E-state index in [9.17, 15) is 26.3 Å². The van der Waals surface area contributed by atoms with Crippen LogP contribution in [0, 0.1) is 28.6 Å². The van der Waals surface area contributed by atoms with Gasteiger partial charge in [0.2, 0.25) is 28.5 Å². The Kier molecular flexibility index (Phi) is 27.9. The highest BCUT2D eigenvalue weighted by molar-refractivity contribution is 6.08. The van der Waals surface area contributed by atoms with Crippen molar-refractivity contribution in [3.05, 3.63) is 199 Å². The zero-order valence-electron chi connectivity index (χ0n) is 71.5. The van der Waals surface area contributed by atoms with E-state index in [-0.39, 0.29) is 50.4 Å². The molecule has 0 aliphatic carbocycles. The number of nitrogens with zero attached hydrogens (tertiary/aromatic N) is 9. The minimum absolute atomic E-state index is 0.0385. The van der Waals surface area contributed by atoms with Crippen LogP contribution in [0.4, 0.5) is 26.3 Å². The van der Waals surface area contributed by atoms with Crippen molar-refractivity contribution < 1.29 is 53.9 Å². The van der Waals surface area contributed by atoms with Crippen molar-refractivity contribution in [3.63, 3.8) is 0 Å². The lowest BCUT2D eigenvalue weighted by atomic mass is 9.81. The second-order valence-corrected chi connectivity index (χ2v) is 37.6. The zero-order valence-corrected chi connectivity index (χ0v) is 71.5. The molecule has 588 valence electrons. The summed E-state index contributed by atoms with van der Waals surface area (Å²) >= 11 is 0. The molecule has 0 saturated heterocycles. The number of aromatic nitrogens is 7. The van der Waals surface area contributed by atoms with Crippen LogP contribution in [0.5, 0.6) is 0 Å². The summed E-state index contributed by atoms with van der Waals surface area (Å²) in [6, 6.07) is 43.5. The number of halogens is 6. The van der Waals surface area contributed by atoms with Crippen LogP contribution in [0.1, 0.15) is 261 Å². The van der Waals surface area contributed by atoms with E-state index in [1.807, 2.05) is 0 Å². The first kappa shape index (κ1) is 89.0. The van der Waals surface area contributed by atoms with Crippen LogP contribution in [-0.4, -0.2) is 51.1 Å². The van der Waals surface area contributed by atoms with Crippen molar-refractivity contribution in [1.29, 1.82) is 0 Å². The first-order chi connectivity index (χ1) is 49.4. The summed E-state index contributed by atoms with van der Waals surface area (Å²) in [7, 11) is 0. The summed E-state index contributed by atoms with van der Waals surface area (Å²) < 4.78 is 101. The Morgan fingerprint density at radius 1 is 0.407 bits per heavy atom. The van der Waals surface area contributed by atoms with Crippen molar-refractivity contribution in [2.75, 3.05) is 0 Å². The average molecular weight is 1490 g/mol. The summed E-state index contributed by atoms with van der Waals surface area (Å²) in [5.74, 6) is 0. The standard InChI is InChI=1S/C22H35N2.C21H33N2.C19H23N2.C16H23N2.C14H18F6NO/c1-15-11-12-24(22(8,9)10)17(13-15)16-14-18(20(2,3)4)23-19(16)21(5,6)7;1-19(2,3)17-14-15(18(22-17)20(4,5)6)16-12-10-11-13-23(16)21(7,8)9;1-14(2)20-12-8-7-11-18(20)19-13-16-9-5-6-10-17(16)21(19)15(3)4;1-13(2)17-11-8-10-14(17)15-9-6-7-12-18(15)16(3,4)5;1-9(2)21-8-6-5-7-11(21)12(13(15,16)17,14(18,19)20)22-10(3)4/h11-14,19H,1-10H3;10-14,18H,1-9H3;5-15H,1-4H3;6-13H,1-5H3;5-10H,1-4H3/q5*+1. The topological polar surface area (TPSA) is 63.2 Å². The van der Waals surface area contributed by atoms with Gasteiger partial charge in [-0.15, -0.1) is 0 Å². The van der Waals surface area contributed by atoms with Gasteiger partial charge in [0.05, 0.1) is 29.3 Å². The molecule has 0 radical (unpaired) electrons. The molecule has 0 bridgehead atoms. The lowest BCUT2D eigenvalue weighted by molar-refractivity contribution is -0.756. The number of aliphatic imine (C=N–C) groups is 2. The van der Waals surface area contributed by atoms with E-state index >= 15 is 0 Å². The minimum Gasteiger partial charge on any atom is -0.347 e. The molecule has 8 aromatic rings. The van der Waals surface area contributed by atoms with Gasteiger partial charge in [-0.05, 0) is 153 Å². The monoisotopic (exact) mass is 1490 g/mol. The van der Waals surface area contributed by atoms with Crippen LogP contribution in [0.3, 0.4) is 0 Å². The van der Waals surface area contributed by atoms with E-state index in [1.165, 1.54) is 99.3 Å². The molecule has 108 heavy (non-hydrogen) atoms. The maximum Gasteiger partial charge on any atom is 0.437 e. The first-order valence-corrected chi connectivity index (χ1v) is 38.6. The molecule has 2 aliphatic heterocycles. The van der Waals surface area contributed by atoms with Crippen LogP contribution < -0.4 is 22.8 Å². The van der Waals surface area contributed by atoms with Gasteiger partial charge in [0.15, 0.2) is 59.7 Å². The van der Waals surface area contributed by atoms with Crippen molar-refractivity contribution >= 4 is 33.5 Å². The number of allylic oxidation sites excluding steroid dienone is 2. The highest BCUT2D eigenvalue weighted by Gasteiger charge is 2.78. The Balaban J connectivity index is 0.000000212. The Bertz CT molecular complexity index is 4450. The molecule has 2 atom stereocenters. The highest BCUT2D eigenvalue weighted by atomic mass is 19.4. The molecule has 0 amide bonds. The Hall–Kier alpha value is -7.85. The van der Waals surface area contributed by atoms with Gasteiger partial charge in [0.25, 0.3) is 0 Å². The summed E-state index contributed by atoms with van der Waals surface area (Å²) in [5, 5.41) is 1.31. The fourth-order valence-corrected chi connectivity index (χ4v) is 13.7. The first-order valence-electron chi connectivity index (χ1n) is 38.6. The third-order valence-corrected chi connectivity index (χ3v) is 19.1. The van der Waals surface area contributed by atoms with Gasteiger partial charge < -0.3 is 13.9 Å². The molecular weight excluding hydrogens is 1360 g/mol. The molecule has 2 aliphatic rings. The minimum atomic E-state index is -5.66. The quantitative estimate of drug-likeness (QED) is 0.0940. The number of alkyl halides is 6. The molecule has 0 saturated carbocycles. The van der Waals surface area contributed by atoms with Crippen LogP contribution in [-0.2, 0) is 27.0 Å². The number of hydrogen-bond donors (Lipinski definition) is 0. The number of pyridine rings is 5. The van der Waals surface area contributed by atoms with E-state index in [4.69, 9.17) is 9.98 Å². The SMILES string of the molecule is CC(C)(C)C1=NC(C(C)(C)C)C(c2cccc[n+]2C(C)(C)C)=C1.CC(C)OC(c1cccc[n+]1C(C)C)(C(F)(F)F)C(F)(F)F.CC(C)n1c(-c2cccc[n+]2C(C)C)cc2ccccc21.CC(C)n1cccc1-c1cccc[n+]1C(C)(C)C.Cc1cc[n+](C(C)(C)C)c(C2=CC(C(C)(C)C)=NC2C(C)(C)C)c1. The third kappa shape index (κ3) is 21.2. The van der Waals surface area contributed by atoms with Crippen LogP contribution in [0.25, 0.3) is 44.8 Å². The molecule has 9 heterocycles. The molecule has 10 nitrogen and oxygen atoms in total. The fourth-order valence-electron chi connectivity index (χ4n) is 13.7. The second kappa shape index (κ2) is 33.8. The van der Waals surface area contributed by atoms with Gasteiger partial charge in [-0.2, -0.15) is 49.2 Å². The summed E-state index contributed by atoms with van der Waals surface area (Å²) in [6.45, 7) is 68.3. The van der Waals surface area contributed by atoms with E-state index < -0.39 is 35.8 Å². The van der Waals surface area contributed by atoms with Crippen molar-refractivity contribution in [1.82, 2.24) is 9.13 Å². The number of hydrogen-bond acceptors (Lipinski definition) is 3. The second-order valence-electron chi connectivity index (χ2n) is 37.6. The average Bonchev–Trinajstić information content (AvgIpc) is 1.09. The van der Waals surface area contributed by atoms with Crippen molar-refractivity contribution in [3.8, 4) is 22.8 Å². The maximum atomic E-state index is 13.5. The molecule has 16 heteroatoms. The zero-order chi connectivity index (χ0) is 81.8. The van der Waals surface area contributed by atoms with Gasteiger partial charge in [-0.25, -0.2) is 0 Å². The summed E-state index contributed by atoms with van der Waals surface area (Å²) in [4.78, 5) is 10.3. The number of ether oxygens (including phenoxy) is 1. The third-order valence-electron chi connectivity index (χ3n) is 19.1. The maximum absolute atomic E-state index is 13.5. The van der Waals surface area contributed by atoms with Crippen LogP contribution in [0.2, 0.25) is 0 Å². The lowest BCUT2D eigenvalue weighted by Crippen LogP contribution is -2.62. The van der Waals surface area contributed by atoms with Gasteiger partial charge in [0, 0.05) is 174 Å². The Labute approximate surface area is 645 Å². The fraction of sp³-hybridized carbons (Fsp3) is 0.533. The molecule has 7 aromatic heterocycles. The Morgan fingerprint density at radius 2 is 0.824 bits per heavy atom. The predicted octanol–water partition coefficient (Wildman–Crippen LogP) is 23.2. The summed E-state index contributed by atoms with van der Waals surface area (Å²) in [6.07, 6.45) is 4.14. The molecule has 10 rings (SSSR count). The van der Waals surface area contributed by atoms with Gasteiger partial charge in [-0.1, -0.05) is 101 Å². The normalized spacial score (nSPS) is 15.6. The van der Waals surface area contributed by atoms with Crippen molar-refractivity contribution in [2.24, 2.45) is 31.6 Å². The number of rotatable bonds is 11. The van der Waals surface area contributed by atoms with Gasteiger partial charge in [-0.3, -0.25) is 9.98 Å². The summed E-state index contributed by atoms with van der Waals surface area (Å²) in [5.41, 5.74) is 10.6. The molecule has 0 spiro atoms. The van der Waals surface area contributed by atoms with Gasteiger partial charge in [0.1, 0.15) is 11.4 Å². The molecule has 1 aromatic carbocycles. The van der Waals surface area contributed by atoms with E-state index in [1.54, 1.807) is 0 Å².